The van der Waals surface area contributed by atoms with Gasteiger partial charge in [-0.3, -0.25) is 4.79 Å². The zero-order valence-electron chi connectivity index (χ0n) is 21.4. The van der Waals surface area contributed by atoms with Gasteiger partial charge in [0.2, 0.25) is 0 Å². The number of carbonyl (C=O) groups excluding carboxylic acids is 1. The second kappa shape index (κ2) is 10.2. The fourth-order valence-corrected chi connectivity index (χ4v) is 7.43. The molecule has 0 radical (unpaired) electrons. The normalized spacial score (nSPS) is 30.6. The third kappa shape index (κ3) is 4.32. The number of halogens is 4. The molecular weight excluding hydrogens is 589 g/mol. The van der Waals surface area contributed by atoms with Crippen molar-refractivity contribution in [3.05, 3.63) is 63.8 Å². The Morgan fingerprint density at radius 1 is 1.25 bits per heavy atom. The number of aromatic nitrogens is 3. The number of amides is 1. The van der Waals surface area contributed by atoms with Crippen LogP contribution in [-0.4, -0.2) is 88.1 Å². The number of aliphatic hydroxyl groups excluding tert-OH is 1. The number of methoxy groups -OCH3 is 1. The Kier molecular flexibility index (Phi) is 7.09. The van der Waals surface area contributed by atoms with Gasteiger partial charge in [0.05, 0.1) is 24.4 Å². The lowest BCUT2D eigenvalue weighted by Gasteiger charge is -2.36. The van der Waals surface area contributed by atoms with Crippen LogP contribution in [0.1, 0.15) is 16.4 Å². The number of aliphatic hydroxyl groups is 1. The highest BCUT2D eigenvalue weighted by molar-refractivity contribution is 8.00. The highest BCUT2D eigenvalue weighted by Gasteiger charge is 2.81. The molecule has 7 atom stereocenters. The molecule has 1 aliphatic carbocycles. The summed E-state index contributed by atoms with van der Waals surface area (Å²) in [4.78, 5) is 14.9. The molecule has 2 aromatic carbocycles. The summed E-state index contributed by atoms with van der Waals surface area (Å²) in [6.45, 7) is 0.0438. The van der Waals surface area contributed by atoms with E-state index < -0.39 is 52.0 Å². The van der Waals surface area contributed by atoms with Crippen LogP contribution >= 0.6 is 35.0 Å². The van der Waals surface area contributed by atoms with E-state index in [2.05, 4.69) is 10.3 Å². The third-order valence-electron chi connectivity index (χ3n) is 7.59. The first kappa shape index (κ1) is 27.8. The van der Waals surface area contributed by atoms with Gasteiger partial charge in [0.1, 0.15) is 51.7 Å². The zero-order chi connectivity index (χ0) is 28.5. The van der Waals surface area contributed by atoms with Crippen molar-refractivity contribution in [1.29, 1.82) is 0 Å². The van der Waals surface area contributed by atoms with E-state index in [-0.39, 0.29) is 29.7 Å². The Hall–Kier alpha value is -2.32. The van der Waals surface area contributed by atoms with Crippen LogP contribution in [0.15, 0.2) is 41.4 Å². The van der Waals surface area contributed by atoms with Gasteiger partial charge in [-0.05, 0) is 30.3 Å². The van der Waals surface area contributed by atoms with Crippen molar-refractivity contribution in [2.24, 2.45) is 5.92 Å². The quantitative estimate of drug-likeness (QED) is 0.416. The first-order valence-electron chi connectivity index (χ1n) is 12.3. The lowest BCUT2D eigenvalue weighted by molar-refractivity contribution is -0.146. The highest BCUT2D eigenvalue weighted by Crippen LogP contribution is 2.68. The van der Waals surface area contributed by atoms with Gasteiger partial charge in [0, 0.05) is 42.6 Å². The molecule has 14 heteroatoms. The smallest absolute Gasteiger partial charge is 0.254 e. The van der Waals surface area contributed by atoms with Crippen LogP contribution < -0.4 is 0 Å². The molecule has 1 aromatic heterocycles. The highest BCUT2D eigenvalue weighted by atomic mass is 35.5. The maximum Gasteiger partial charge on any atom is 0.254 e. The molecule has 1 saturated carbocycles. The van der Waals surface area contributed by atoms with Crippen LogP contribution in [0.4, 0.5) is 8.78 Å². The van der Waals surface area contributed by atoms with Crippen molar-refractivity contribution >= 4 is 40.9 Å². The van der Waals surface area contributed by atoms with Gasteiger partial charge in [0.15, 0.2) is 0 Å². The molecule has 40 heavy (non-hydrogen) atoms. The van der Waals surface area contributed by atoms with E-state index in [0.29, 0.717) is 15.5 Å². The molecule has 0 bridgehead atoms. The van der Waals surface area contributed by atoms with Crippen LogP contribution in [0.25, 0.3) is 11.3 Å². The van der Waals surface area contributed by atoms with E-state index in [9.17, 15) is 18.7 Å². The number of hydrogen-bond donors (Lipinski definition) is 1. The molecule has 2 saturated heterocycles. The number of benzene rings is 2. The van der Waals surface area contributed by atoms with E-state index >= 15 is 0 Å². The Labute approximate surface area is 242 Å². The van der Waals surface area contributed by atoms with E-state index in [1.54, 1.807) is 50.3 Å². The number of hydrogen-bond acceptors (Lipinski definition) is 8. The summed E-state index contributed by atoms with van der Waals surface area (Å²) < 4.78 is 48.2. The maximum absolute atomic E-state index is 14.1. The summed E-state index contributed by atoms with van der Waals surface area (Å²) in [5, 5.41) is 19.0. The fraction of sp³-hybridized carbons (Fsp3) is 0.423. The summed E-state index contributed by atoms with van der Waals surface area (Å²) in [6.07, 6.45) is -0.629. The molecule has 6 rings (SSSR count). The topological polar surface area (TPSA) is 98.9 Å². The second-order valence-corrected chi connectivity index (χ2v) is 12.1. The predicted molar refractivity (Wildman–Crippen MR) is 142 cm³/mol. The van der Waals surface area contributed by atoms with Gasteiger partial charge in [-0.2, -0.15) is 0 Å². The van der Waals surface area contributed by atoms with E-state index in [1.807, 2.05) is 0 Å². The summed E-state index contributed by atoms with van der Waals surface area (Å²) in [7, 11) is 4.87. The van der Waals surface area contributed by atoms with Gasteiger partial charge in [-0.15, -0.1) is 5.10 Å². The Morgan fingerprint density at radius 2 is 1.98 bits per heavy atom. The van der Waals surface area contributed by atoms with Crippen molar-refractivity contribution < 1.29 is 32.9 Å². The molecule has 3 aliphatic rings. The standard InChI is InChI=1S/C26H24Cl2F2N4O5S/c1-33(2)24(36)13-5-4-12(27)8-18(13)40-25-21(37-3)19-22(26(19)23(39-25)17(35)10-38-26)34-9-16(31-32-34)11-6-14(29)20(28)15(30)7-11/h4-9,17,19,21-23,25,35H,10H2,1-3H3/t17?,19?,21?,22?,23?,25-,26?/m1/s1. The lowest BCUT2D eigenvalue weighted by atomic mass is 10.0. The summed E-state index contributed by atoms with van der Waals surface area (Å²) in [5.41, 5.74) is -0.730. The van der Waals surface area contributed by atoms with Crippen molar-refractivity contribution in [2.45, 2.75) is 40.3 Å². The summed E-state index contributed by atoms with van der Waals surface area (Å²) in [5.74, 6) is -2.33. The summed E-state index contributed by atoms with van der Waals surface area (Å²) >= 11 is 13.2. The zero-order valence-corrected chi connectivity index (χ0v) is 23.8. The molecule has 1 amide bonds. The van der Waals surface area contributed by atoms with Crippen LogP contribution in [0, 0.1) is 17.6 Å². The van der Waals surface area contributed by atoms with Gasteiger partial charge in [-0.25, -0.2) is 13.5 Å². The molecule has 3 fully saturated rings. The van der Waals surface area contributed by atoms with E-state index in [0.717, 1.165) is 12.1 Å². The number of rotatable bonds is 6. The van der Waals surface area contributed by atoms with Gasteiger partial charge >= 0.3 is 0 Å². The van der Waals surface area contributed by atoms with Crippen LogP contribution in [0.3, 0.4) is 0 Å². The molecule has 1 spiro atoms. The SMILES string of the molecule is COC1C2C(n3cc(-c4cc(F)c(Cl)c(F)c4)nn3)C23OCC(O)C3O[C@@H]1Sc1cc(Cl)ccc1C(=O)N(C)C. The Balaban J connectivity index is 1.33. The monoisotopic (exact) mass is 612 g/mol. The average Bonchev–Trinajstić information content (AvgIpc) is 3.17. The van der Waals surface area contributed by atoms with Gasteiger partial charge in [0.25, 0.3) is 5.91 Å². The molecule has 1 N–H and O–H groups in total. The van der Waals surface area contributed by atoms with Crippen molar-refractivity contribution in [3.8, 4) is 11.3 Å². The van der Waals surface area contributed by atoms with E-state index in [1.165, 1.54) is 16.7 Å². The maximum atomic E-state index is 14.1. The minimum Gasteiger partial charge on any atom is -0.388 e. The molecule has 212 valence electrons. The van der Waals surface area contributed by atoms with Crippen LogP contribution in [0.2, 0.25) is 10.0 Å². The fourth-order valence-electron chi connectivity index (χ4n) is 5.76. The van der Waals surface area contributed by atoms with Gasteiger partial charge < -0.3 is 24.2 Å². The van der Waals surface area contributed by atoms with Crippen LogP contribution in [-0.2, 0) is 14.2 Å². The number of carbonyl (C=O) groups is 1. The molecule has 6 unspecified atom stereocenters. The van der Waals surface area contributed by atoms with Crippen molar-refractivity contribution in [3.63, 3.8) is 0 Å². The molecule has 3 aromatic rings. The van der Waals surface area contributed by atoms with Crippen LogP contribution in [0.5, 0.6) is 0 Å². The third-order valence-corrected chi connectivity index (χ3v) is 9.39. The van der Waals surface area contributed by atoms with E-state index in [4.69, 9.17) is 37.4 Å². The summed E-state index contributed by atoms with van der Waals surface area (Å²) in [6, 6.07) is 6.73. The molecule has 3 heterocycles. The first-order chi connectivity index (χ1) is 19.1. The molecule has 9 nitrogen and oxygen atoms in total. The Morgan fingerprint density at radius 3 is 2.65 bits per heavy atom. The number of nitrogens with zero attached hydrogens (tertiary/aromatic N) is 4. The average molecular weight is 613 g/mol. The second-order valence-electron chi connectivity index (χ2n) is 10.1. The van der Waals surface area contributed by atoms with Gasteiger partial charge in [-0.1, -0.05) is 40.2 Å². The van der Waals surface area contributed by atoms with Crippen molar-refractivity contribution in [1.82, 2.24) is 19.9 Å². The lowest BCUT2D eigenvalue weighted by Crippen LogP contribution is -2.49. The largest absolute Gasteiger partial charge is 0.388 e. The van der Waals surface area contributed by atoms with Crippen molar-refractivity contribution in [2.75, 3.05) is 27.8 Å². The predicted octanol–water partition coefficient (Wildman–Crippen LogP) is 4.06. The molecule has 2 aliphatic heterocycles. The Bertz CT molecular complexity index is 1470. The number of thioether (sulfide) groups is 1. The minimum absolute atomic E-state index is 0.0438. The first-order valence-corrected chi connectivity index (χ1v) is 13.9. The molecular formula is C26H24Cl2F2N4O5S. The number of ether oxygens (including phenoxy) is 3. The minimum atomic E-state index is -0.949.